The second kappa shape index (κ2) is 5.03. The maximum Gasteiger partial charge on any atom is 0.0489 e. The summed E-state index contributed by atoms with van der Waals surface area (Å²) in [6.07, 6.45) is 2.12. The first-order valence-electron chi connectivity index (χ1n) is 6.40. The molecule has 1 aromatic carbocycles. The summed E-state index contributed by atoms with van der Waals surface area (Å²) < 4.78 is 3.34. The van der Waals surface area contributed by atoms with Crippen LogP contribution in [0.15, 0.2) is 28.9 Å². The Hall–Kier alpha value is -0.840. The van der Waals surface area contributed by atoms with Gasteiger partial charge in [-0.1, -0.05) is 6.07 Å². The van der Waals surface area contributed by atoms with Gasteiger partial charge in [0.1, 0.15) is 0 Å². The van der Waals surface area contributed by atoms with E-state index >= 15 is 0 Å². The van der Waals surface area contributed by atoms with Crippen molar-refractivity contribution < 1.29 is 0 Å². The summed E-state index contributed by atoms with van der Waals surface area (Å²) in [6.45, 7) is 5.56. The zero-order valence-electron chi connectivity index (χ0n) is 10.6. The second-order valence-electron chi connectivity index (χ2n) is 4.97. The largest absolute Gasteiger partial charge is 0.349 e. The lowest BCUT2D eigenvalue weighted by Gasteiger charge is -2.27. The molecule has 0 amide bonds. The van der Waals surface area contributed by atoms with Gasteiger partial charge < -0.3 is 9.88 Å². The van der Waals surface area contributed by atoms with Crippen molar-refractivity contribution in [2.75, 3.05) is 26.2 Å². The summed E-state index contributed by atoms with van der Waals surface area (Å²) >= 11 is 3.63. The lowest BCUT2D eigenvalue weighted by atomic mass is 10.1. The molecule has 0 atom stereocenters. The smallest absolute Gasteiger partial charge is 0.0489 e. The first kappa shape index (κ1) is 12.2. The lowest BCUT2D eigenvalue weighted by Crippen LogP contribution is -2.42. The fraction of sp³-hybridized carbons (Fsp3) is 0.429. The van der Waals surface area contributed by atoms with Gasteiger partial charge in [-0.15, -0.1) is 0 Å². The van der Waals surface area contributed by atoms with E-state index in [4.69, 9.17) is 0 Å². The van der Waals surface area contributed by atoms with E-state index in [1.807, 2.05) is 0 Å². The predicted octanol–water partition coefficient (Wildman–Crippen LogP) is 2.35. The molecule has 1 aromatic heterocycles. The van der Waals surface area contributed by atoms with Crippen molar-refractivity contribution in [3.63, 3.8) is 0 Å². The van der Waals surface area contributed by atoms with Crippen LogP contribution in [0.3, 0.4) is 0 Å². The number of fused-ring (bicyclic) bond motifs is 1. The van der Waals surface area contributed by atoms with Gasteiger partial charge in [-0.25, -0.2) is 0 Å². The first-order chi connectivity index (χ1) is 8.74. The Kier molecular flexibility index (Phi) is 3.41. The van der Waals surface area contributed by atoms with E-state index in [-0.39, 0.29) is 0 Å². The van der Waals surface area contributed by atoms with Crippen molar-refractivity contribution >= 4 is 26.8 Å². The number of hydrogen-bond acceptors (Lipinski definition) is 2. The van der Waals surface area contributed by atoms with Gasteiger partial charge in [-0.2, -0.15) is 0 Å². The van der Waals surface area contributed by atoms with Crippen LogP contribution in [0.2, 0.25) is 0 Å². The average molecular weight is 308 g/mol. The molecule has 1 saturated heterocycles. The Morgan fingerprint density at radius 3 is 2.83 bits per heavy atom. The van der Waals surface area contributed by atoms with Crippen LogP contribution in [0, 0.1) is 0 Å². The number of benzene rings is 1. The average Bonchev–Trinajstić information content (AvgIpc) is 2.66. The third-order valence-electron chi connectivity index (χ3n) is 3.62. The molecule has 0 aliphatic carbocycles. The van der Waals surface area contributed by atoms with E-state index in [0.29, 0.717) is 0 Å². The maximum absolute atomic E-state index is 3.63. The number of aryl methyl sites for hydroxylation is 1. The van der Waals surface area contributed by atoms with Gasteiger partial charge in [0, 0.05) is 61.3 Å². The summed E-state index contributed by atoms with van der Waals surface area (Å²) in [5, 5.41) is 4.70. The van der Waals surface area contributed by atoms with Crippen LogP contribution in [0.5, 0.6) is 0 Å². The van der Waals surface area contributed by atoms with Crippen molar-refractivity contribution in [1.29, 1.82) is 0 Å². The number of nitrogens with one attached hydrogen (secondary N) is 1. The van der Waals surface area contributed by atoms with E-state index in [9.17, 15) is 0 Å². The summed E-state index contributed by atoms with van der Waals surface area (Å²) in [7, 11) is 2.09. The van der Waals surface area contributed by atoms with Gasteiger partial charge in [0.2, 0.25) is 0 Å². The molecular weight excluding hydrogens is 290 g/mol. The third-order valence-corrected chi connectivity index (χ3v) is 4.25. The monoisotopic (exact) mass is 307 g/mol. The SMILES string of the molecule is Cn1cc(Br)c2cc(CN3CCNCC3)ccc21. The highest BCUT2D eigenvalue weighted by Gasteiger charge is 2.11. The minimum Gasteiger partial charge on any atom is -0.349 e. The number of hydrogen-bond donors (Lipinski definition) is 1. The van der Waals surface area contributed by atoms with Crippen LogP contribution in [0.25, 0.3) is 10.9 Å². The van der Waals surface area contributed by atoms with Crippen LogP contribution < -0.4 is 5.32 Å². The molecule has 0 unspecified atom stereocenters. The molecule has 0 bridgehead atoms. The first-order valence-corrected chi connectivity index (χ1v) is 7.20. The molecule has 0 radical (unpaired) electrons. The zero-order valence-corrected chi connectivity index (χ0v) is 12.2. The second-order valence-corrected chi connectivity index (χ2v) is 5.82. The van der Waals surface area contributed by atoms with Crippen LogP contribution in [0.1, 0.15) is 5.56 Å². The molecule has 0 spiro atoms. The number of halogens is 1. The minimum absolute atomic E-state index is 1.05. The van der Waals surface area contributed by atoms with Crippen LogP contribution >= 0.6 is 15.9 Å². The minimum atomic E-state index is 1.05. The number of nitrogens with zero attached hydrogens (tertiary/aromatic N) is 2. The summed E-state index contributed by atoms with van der Waals surface area (Å²) in [5.74, 6) is 0. The summed E-state index contributed by atoms with van der Waals surface area (Å²) in [5.41, 5.74) is 2.68. The van der Waals surface area contributed by atoms with E-state index in [1.165, 1.54) is 20.9 Å². The number of rotatable bonds is 2. The highest BCUT2D eigenvalue weighted by Crippen LogP contribution is 2.26. The summed E-state index contributed by atoms with van der Waals surface area (Å²) in [4.78, 5) is 2.51. The standard InChI is InChI=1S/C14H18BrN3/c1-17-10-13(15)12-8-11(2-3-14(12)17)9-18-6-4-16-5-7-18/h2-3,8,10,16H,4-7,9H2,1H3. The molecule has 1 aliphatic rings. The van der Waals surface area contributed by atoms with E-state index < -0.39 is 0 Å². The molecule has 1 fully saturated rings. The molecule has 2 aromatic rings. The van der Waals surface area contributed by atoms with Crippen LogP contribution in [0.4, 0.5) is 0 Å². The van der Waals surface area contributed by atoms with Gasteiger partial charge in [-0.3, -0.25) is 4.90 Å². The topological polar surface area (TPSA) is 20.2 Å². The van der Waals surface area contributed by atoms with E-state index in [1.54, 1.807) is 0 Å². The highest BCUT2D eigenvalue weighted by molar-refractivity contribution is 9.10. The Morgan fingerprint density at radius 1 is 1.28 bits per heavy atom. The van der Waals surface area contributed by atoms with Crippen LogP contribution in [-0.4, -0.2) is 35.6 Å². The fourth-order valence-corrected chi connectivity index (χ4v) is 3.24. The third kappa shape index (κ3) is 2.32. The molecule has 18 heavy (non-hydrogen) atoms. The van der Waals surface area contributed by atoms with Gasteiger partial charge >= 0.3 is 0 Å². The van der Waals surface area contributed by atoms with Gasteiger partial charge in [-0.05, 0) is 33.6 Å². The van der Waals surface area contributed by atoms with Crippen molar-refractivity contribution in [3.05, 3.63) is 34.4 Å². The molecule has 2 heterocycles. The molecule has 3 nitrogen and oxygen atoms in total. The Morgan fingerprint density at radius 2 is 2.06 bits per heavy atom. The molecule has 4 heteroatoms. The van der Waals surface area contributed by atoms with Crippen molar-refractivity contribution in [2.45, 2.75) is 6.54 Å². The molecule has 1 aliphatic heterocycles. The Bertz CT molecular complexity index is 555. The Balaban J connectivity index is 1.86. The fourth-order valence-electron chi connectivity index (χ4n) is 2.62. The van der Waals surface area contributed by atoms with E-state index in [2.05, 4.69) is 62.2 Å². The van der Waals surface area contributed by atoms with Gasteiger partial charge in [0.05, 0.1) is 0 Å². The normalized spacial score (nSPS) is 17.4. The highest BCUT2D eigenvalue weighted by atomic mass is 79.9. The molecule has 1 N–H and O–H groups in total. The maximum atomic E-state index is 3.63. The Labute approximate surface area is 116 Å². The predicted molar refractivity (Wildman–Crippen MR) is 78.8 cm³/mol. The van der Waals surface area contributed by atoms with Crippen molar-refractivity contribution in [1.82, 2.24) is 14.8 Å². The quantitative estimate of drug-likeness (QED) is 0.919. The number of piperazine rings is 1. The van der Waals surface area contributed by atoms with Crippen molar-refractivity contribution in [2.24, 2.45) is 7.05 Å². The van der Waals surface area contributed by atoms with E-state index in [0.717, 1.165) is 32.7 Å². The molecule has 3 rings (SSSR count). The zero-order chi connectivity index (χ0) is 12.5. The van der Waals surface area contributed by atoms with Crippen LogP contribution in [-0.2, 0) is 13.6 Å². The molecule has 0 saturated carbocycles. The van der Waals surface area contributed by atoms with Gasteiger partial charge in [0.15, 0.2) is 0 Å². The van der Waals surface area contributed by atoms with Gasteiger partial charge in [0.25, 0.3) is 0 Å². The molecular formula is C14H18BrN3. The lowest BCUT2D eigenvalue weighted by molar-refractivity contribution is 0.233. The number of aromatic nitrogens is 1. The summed E-state index contributed by atoms with van der Waals surface area (Å²) in [6, 6.07) is 6.77. The molecule has 96 valence electrons. The van der Waals surface area contributed by atoms with Crippen molar-refractivity contribution in [3.8, 4) is 0 Å².